The van der Waals surface area contributed by atoms with Gasteiger partial charge in [0, 0.05) is 11.8 Å². The first-order chi connectivity index (χ1) is 14.6. The van der Waals surface area contributed by atoms with Crippen LogP contribution < -0.4 is 23.7 Å². The zero-order valence-electron chi connectivity index (χ0n) is 16.8. The Hall–Kier alpha value is -2.80. The van der Waals surface area contributed by atoms with Crippen LogP contribution in [0.15, 0.2) is 24.3 Å². The van der Waals surface area contributed by atoms with E-state index in [9.17, 15) is 4.79 Å². The van der Waals surface area contributed by atoms with Gasteiger partial charge in [-0.3, -0.25) is 4.79 Å². The normalized spacial score (nSPS) is 25.9. The second-order valence-electron chi connectivity index (χ2n) is 7.49. The molecular weight excluding hydrogens is 412 g/mol. The molecule has 3 aliphatic rings. The number of esters is 1. The predicted molar refractivity (Wildman–Crippen MR) is 107 cm³/mol. The van der Waals surface area contributed by atoms with Crippen molar-refractivity contribution in [3.8, 4) is 28.7 Å². The van der Waals surface area contributed by atoms with Gasteiger partial charge in [-0.15, -0.1) is 11.6 Å². The summed E-state index contributed by atoms with van der Waals surface area (Å²) >= 11 is 6.83. The molecule has 1 saturated heterocycles. The Morgan fingerprint density at radius 3 is 2.13 bits per heavy atom. The molecule has 0 radical (unpaired) electrons. The Bertz CT molecular complexity index is 996. The summed E-state index contributed by atoms with van der Waals surface area (Å²) in [6.07, 6.45) is 0. The third-order valence-electron chi connectivity index (χ3n) is 6.14. The molecule has 0 bridgehead atoms. The quantitative estimate of drug-likeness (QED) is 0.539. The van der Waals surface area contributed by atoms with E-state index in [4.69, 9.17) is 40.0 Å². The summed E-state index contributed by atoms with van der Waals surface area (Å²) in [6.45, 7) is 0.446. The topological polar surface area (TPSA) is 72.5 Å². The maximum absolute atomic E-state index is 12.8. The molecule has 30 heavy (non-hydrogen) atoms. The van der Waals surface area contributed by atoms with Crippen molar-refractivity contribution in [1.29, 1.82) is 0 Å². The highest BCUT2D eigenvalue weighted by atomic mass is 35.5. The van der Waals surface area contributed by atoms with Crippen molar-refractivity contribution in [2.24, 2.45) is 11.8 Å². The van der Waals surface area contributed by atoms with Crippen molar-refractivity contribution in [2.75, 3.05) is 34.7 Å². The second-order valence-corrected chi connectivity index (χ2v) is 7.96. The van der Waals surface area contributed by atoms with Crippen LogP contribution in [-0.2, 0) is 9.53 Å². The van der Waals surface area contributed by atoms with E-state index in [1.165, 1.54) is 0 Å². The molecule has 0 spiro atoms. The molecule has 8 heteroatoms. The molecular formula is C22H21ClO7. The van der Waals surface area contributed by atoms with Crippen molar-refractivity contribution in [2.45, 2.75) is 11.3 Å². The highest BCUT2D eigenvalue weighted by Crippen LogP contribution is 2.57. The summed E-state index contributed by atoms with van der Waals surface area (Å²) < 4.78 is 33.1. The highest BCUT2D eigenvalue weighted by molar-refractivity contribution is 6.21. The molecule has 2 aliphatic heterocycles. The number of alkyl halides is 1. The molecule has 0 aromatic heterocycles. The third-order valence-corrected chi connectivity index (χ3v) is 6.70. The number of halogens is 1. The lowest BCUT2D eigenvalue weighted by atomic mass is 9.67. The number of ether oxygens (including phenoxy) is 6. The van der Waals surface area contributed by atoms with Gasteiger partial charge in [0.25, 0.3) is 0 Å². The van der Waals surface area contributed by atoms with E-state index < -0.39 is 5.92 Å². The molecule has 0 unspecified atom stereocenters. The summed E-state index contributed by atoms with van der Waals surface area (Å²) in [5.74, 6) is 1.68. The van der Waals surface area contributed by atoms with Crippen LogP contribution in [0.25, 0.3) is 0 Å². The van der Waals surface area contributed by atoms with Gasteiger partial charge in [0.1, 0.15) is 0 Å². The van der Waals surface area contributed by atoms with E-state index in [0.29, 0.717) is 28.7 Å². The Morgan fingerprint density at radius 2 is 1.53 bits per heavy atom. The molecule has 1 fully saturated rings. The first-order valence-corrected chi connectivity index (χ1v) is 10.0. The smallest absolute Gasteiger partial charge is 0.310 e. The maximum Gasteiger partial charge on any atom is 0.310 e. The summed E-state index contributed by atoms with van der Waals surface area (Å²) in [5.41, 5.74) is 2.68. The summed E-state index contributed by atoms with van der Waals surface area (Å²) in [4.78, 5) is 12.8. The average molecular weight is 433 g/mol. The molecule has 0 saturated carbocycles. The van der Waals surface area contributed by atoms with E-state index in [1.54, 1.807) is 21.3 Å². The van der Waals surface area contributed by atoms with Crippen LogP contribution in [0.1, 0.15) is 28.0 Å². The number of benzene rings is 2. The standard InChI is InChI=1S/C22H21ClO7/c1-25-16-4-10(5-17(26-2)21(16)27-3)18-11-6-14-15(30-9-29-14)7-12(11)20(23)13-8-28-22(24)19(13)18/h4-7,13,18-20H,8-9H2,1-3H3/t13-,18-,19-,20-/m0/s1. The Labute approximate surface area is 178 Å². The Morgan fingerprint density at radius 1 is 0.900 bits per heavy atom. The van der Waals surface area contributed by atoms with Crippen LogP contribution in [0.5, 0.6) is 28.7 Å². The first-order valence-electron chi connectivity index (χ1n) is 9.61. The van der Waals surface area contributed by atoms with Crippen LogP contribution in [0.2, 0.25) is 0 Å². The monoisotopic (exact) mass is 432 g/mol. The van der Waals surface area contributed by atoms with Gasteiger partial charge in [-0.1, -0.05) is 0 Å². The van der Waals surface area contributed by atoms with Crippen LogP contribution >= 0.6 is 11.6 Å². The fourth-order valence-corrected chi connectivity index (χ4v) is 5.19. The van der Waals surface area contributed by atoms with E-state index >= 15 is 0 Å². The lowest BCUT2D eigenvalue weighted by molar-refractivity contribution is -0.141. The fourth-order valence-electron chi connectivity index (χ4n) is 4.78. The minimum absolute atomic E-state index is 0.156. The van der Waals surface area contributed by atoms with Gasteiger partial charge in [-0.05, 0) is 41.0 Å². The lowest BCUT2D eigenvalue weighted by Crippen LogP contribution is -2.33. The number of cyclic esters (lactones) is 1. The minimum Gasteiger partial charge on any atom is -0.493 e. The molecule has 7 nitrogen and oxygen atoms in total. The zero-order chi connectivity index (χ0) is 21.0. The van der Waals surface area contributed by atoms with Crippen molar-refractivity contribution in [3.63, 3.8) is 0 Å². The molecule has 0 amide bonds. The van der Waals surface area contributed by atoms with Crippen LogP contribution in [-0.4, -0.2) is 40.7 Å². The SMILES string of the molecule is COc1cc([C@H]2c3cc4c(cc3[C@H](Cl)[C@H]3COC(=O)[C@H]23)OCO4)cc(OC)c1OC. The van der Waals surface area contributed by atoms with Crippen molar-refractivity contribution in [1.82, 2.24) is 0 Å². The van der Waals surface area contributed by atoms with E-state index in [1.807, 2.05) is 24.3 Å². The molecule has 158 valence electrons. The summed E-state index contributed by atoms with van der Waals surface area (Å²) in [5, 5.41) is -0.371. The van der Waals surface area contributed by atoms with Gasteiger partial charge in [0.15, 0.2) is 23.0 Å². The first kappa shape index (κ1) is 19.2. The fraction of sp³-hybridized carbons (Fsp3) is 0.409. The number of methoxy groups -OCH3 is 3. The van der Waals surface area contributed by atoms with Crippen molar-refractivity contribution >= 4 is 17.6 Å². The van der Waals surface area contributed by atoms with E-state index in [0.717, 1.165) is 16.7 Å². The highest BCUT2D eigenvalue weighted by Gasteiger charge is 2.52. The van der Waals surface area contributed by atoms with Gasteiger partial charge in [0.2, 0.25) is 12.5 Å². The Kier molecular flexibility index (Phi) is 4.58. The largest absolute Gasteiger partial charge is 0.493 e. The van der Waals surface area contributed by atoms with Gasteiger partial charge >= 0.3 is 5.97 Å². The molecule has 0 N–H and O–H groups in total. The maximum atomic E-state index is 12.8. The molecule has 5 rings (SSSR count). The molecule has 2 aromatic carbocycles. The van der Waals surface area contributed by atoms with Crippen LogP contribution in [0, 0.1) is 11.8 Å². The lowest BCUT2D eigenvalue weighted by Gasteiger charge is -2.36. The van der Waals surface area contributed by atoms with E-state index in [-0.39, 0.29) is 36.6 Å². The van der Waals surface area contributed by atoms with Gasteiger partial charge in [-0.2, -0.15) is 0 Å². The van der Waals surface area contributed by atoms with Gasteiger partial charge in [-0.25, -0.2) is 0 Å². The van der Waals surface area contributed by atoms with E-state index in [2.05, 4.69) is 0 Å². The average Bonchev–Trinajstić information content (AvgIpc) is 3.38. The van der Waals surface area contributed by atoms with Crippen LogP contribution in [0.4, 0.5) is 0 Å². The van der Waals surface area contributed by atoms with Crippen molar-refractivity contribution < 1.29 is 33.2 Å². The summed E-state index contributed by atoms with van der Waals surface area (Å²) in [7, 11) is 4.68. The number of carbonyl (C=O) groups excluding carboxylic acids is 1. The number of hydrogen-bond acceptors (Lipinski definition) is 7. The number of carbonyl (C=O) groups is 1. The van der Waals surface area contributed by atoms with Gasteiger partial charge in [0.05, 0.1) is 39.2 Å². The minimum atomic E-state index is -0.428. The molecule has 2 aromatic rings. The predicted octanol–water partition coefficient (Wildman–Crippen LogP) is 3.66. The van der Waals surface area contributed by atoms with Gasteiger partial charge < -0.3 is 28.4 Å². The van der Waals surface area contributed by atoms with Crippen molar-refractivity contribution in [3.05, 3.63) is 41.0 Å². The number of hydrogen-bond donors (Lipinski definition) is 0. The molecule has 1 aliphatic carbocycles. The molecule has 4 atom stereocenters. The zero-order valence-corrected chi connectivity index (χ0v) is 17.5. The third kappa shape index (κ3) is 2.68. The van der Waals surface area contributed by atoms with Crippen LogP contribution in [0.3, 0.4) is 0 Å². The number of fused-ring (bicyclic) bond motifs is 3. The Balaban J connectivity index is 1.74. The summed E-state index contributed by atoms with van der Waals surface area (Å²) in [6, 6.07) is 7.58. The molecule has 2 heterocycles. The second kappa shape index (κ2) is 7.16. The number of rotatable bonds is 4.